The Balaban J connectivity index is 1.49. The zero-order valence-electron chi connectivity index (χ0n) is 17.7. The highest BCUT2D eigenvalue weighted by Crippen LogP contribution is 2.31. The summed E-state index contributed by atoms with van der Waals surface area (Å²) >= 11 is 0. The van der Waals surface area contributed by atoms with E-state index in [-0.39, 0.29) is 12.5 Å². The third kappa shape index (κ3) is 4.31. The Morgan fingerprint density at radius 1 is 1.09 bits per heavy atom. The second-order valence-corrected chi connectivity index (χ2v) is 7.74. The molecule has 0 aliphatic rings. The Morgan fingerprint density at radius 3 is 2.76 bits per heavy atom. The van der Waals surface area contributed by atoms with E-state index >= 15 is 0 Å². The summed E-state index contributed by atoms with van der Waals surface area (Å²) in [6.45, 7) is -0.264. The number of fused-ring (bicyclic) bond motifs is 1. The monoisotopic (exact) mass is 443 g/mol. The molecule has 0 bridgehead atoms. The molecule has 0 fully saturated rings. The van der Waals surface area contributed by atoms with Crippen LogP contribution in [0.1, 0.15) is 17.4 Å². The second-order valence-electron chi connectivity index (χ2n) is 7.74. The van der Waals surface area contributed by atoms with Crippen molar-refractivity contribution in [1.29, 1.82) is 0 Å². The van der Waals surface area contributed by atoms with E-state index in [9.17, 15) is 9.50 Å². The van der Waals surface area contributed by atoms with Gasteiger partial charge in [0.15, 0.2) is 0 Å². The fourth-order valence-electron chi connectivity index (χ4n) is 3.85. The lowest BCUT2D eigenvalue weighted by atomic mass is 10.0. The molecular formula is C24H22FN7O. The van der Waals surface area contributed by atoms with Gasteiger partial charge in [-0.25, -0.2) is 19.3 Å². The fourth-order valence-corrected chi connectivity index (χ4v) is 3.85. The van der Waals surface area contributed by atoms with Crippen LogP contribution in [0.15, 0.2) is 67.3 Å². The Bertz CT molecular complexity index is 1400. The zero-order valence-corrected chi connectivity index (χ0v) is 17.7. The number of anilines is 1. The first kappa shape index (κ1) is 20.8. The van der Waals surface area contributed by atoms with Crippen LogP contribution in [0.4, 0.5) is 10.3 Å². The van der Waals surface area contributed by atoms with Gasteiger partial charge in [0.2, 0.25) is 5.95 Å². The van der Waals surface area contributed by atoms with Gasteiger partial charge in [0.05, 0.1) is 24.5 Å². The van der Waals surface area contributed by atoms with E-state index in [1.165, 1.54) is 0 Å². The number of aromatic amines is 1. The number of nitrogens with two attached hydrogens (primary N) is 1. The summed E-state index contributed by atoms with van der Waals surface area (Å²) in [6.07, 6.45) is 6.66. The van der Waals surface area contributed by atoms with Gasteiger partial charge in [-0.2, -0.15) is 5.10 Å². The molecule has 0 radical (unpaired) electrons. The summed E-state index contributed by atoms with van der Waals surface area (Å²) in [7, 11) is 0. The summed E-state index contributed by atoms with van der Waals surface area (Å²) in [4.78, 5) is 16.4. The minimum atomic E-state index is -0.703. The smallest absolute Gasteiger partial charge is 0.220 e. The number of hydrogen-bond acceptors (Lipinski definition) is 6. The largest absolute Gasteiger partial charge is 0.388 e. The lowest BCUT2D eigenvalue weighted by Crippen LogP contribution is -2.06. The highest BCUT2D eigenvalue weighted by atomic mass is 19.1. The summed E-state index contributed by atoms with van der Waals surface area (Å²) in [5.41, 5.74) is 11.3. The third-order valence-corrected chi connectivity index (χ3v) is 5.47. The molecule has 0 saturated carbocycles. The SMILES string of the molecule is Nc1nc(CC(O)c2ccccc2)cc(-c2c[nH]c3ncc(-c4cnn(CCF)c4)cc23)n1. The predicted molar refractivity (Wildman–Crippen MR) is 124 cm³/mol. The molecule has 0 spiro atoms. The fraction of sp³-hybridized carbons (Fsp3) is 0.167. The van der Waals surface area contributed by atoms with E-state index in [0.717, 1.165) is 27.6 Å². The standard InChI is InChI=1S/C24H22FN7O/c25-6-7-32-14-17(12-29-32)16-8-19-20(13-28-23(19)27-11-16)21-9-18(30-24(26)31-21)10-22(33)15-4-2-1-3-5-15/h1-5,8-9,11-14,22,33H,6-7,10H2,(H,27,28)(H2,26,30,31). The molecule has 5 aromatic rings. The number of benzene rings is 1. The minimum absolute atomic E-state index is 0.133. The van der Waals surface area contributed by atoms with Crippen LogP contribution in [-0.2, 0) is 13.0 Å². The highest BCUT2D eigenvalue weighted by Gasteiger charge is 2.15. The maximum absolute atomic E-state index is 12.6. The van der Waals surface area contributed by atoms with Crippen LogP contribution in [0, 0.1) is 0 Å². The maximum Gasteiger partial charge on any atom is 0.220 e. The van der Waals surface area contributed by atoms with Gasteiger partial charge in [0.25, 0.3) is 0 Å². The number of halogens is 1. The number of aliphatic hydroxyl groups excluding tert-OH is 1. The molecule has 0 aliphatic carbocycles. The Morgan fingerprint density at radius 2 is 1.94 bits per heavy atom. The number of alkyl halides is 1. The number of nitrogens with zero attached hydrogens (tertiary/aromatic N) is 5. The summed E-state index contributed by atoms with van der Waals surface area (Å²) < 4.78 is 14.2. The normalized spacial score (nSPS) is 12.3. The van der Waals surface area contributed by atoms with Gasteiger partial charge in [0, 0.05) is 52.8 Å². The van der Waals surface area contributed by atoms with Crippen LogP contribution in [-0.4, -0.2) is 41.5 Å². The van der Waals surface area contributed by atoms with Gasteiger partial charge in [-0.05, 0) is 17.7 Å². The molecular weight excluding hydrogens is 421 g/mol. The summed E-state index contributed by atoms with van der Waals surface area (Å²) in [5, 5.41) is 15.7. The lowest BCUT2D eigenvalue weighted by molar-refractivity contribution is 0.177. The first-order valence-electron chi connectivity index (χ1n) is 10.5. The topological polar surface area (TPSA) is 119 Å². The van der Waals surface area contributed by atoms with Crippen LogP contribution in [0.25, 0.3) is 33.4 Å². The Labute approximate surface area is 189 Å². The van der Waals surface area contributed by atoms with E-state index in [0.29, 0.717) is 23.5 Å². The van der Waals surface area contributed by atoms with Crippen molar-refractivity contribution in [1.82, 2.24) is 29.7 Å². The van der Waals surface area contributed by atoms with E-state index in [1.54, 1.807) is 23.3 Å². The second kappa shape index (κ2) is 8.79. The molecule has 5 rings (SSSR count). The van der Waals surface area contributed by atoms with Crippen molar-refractivity contribution >= 4 is 17.0 Å². The van der Waals surface area contributed by atoms with E-state index in [1.807, 2.05) is 48.7 Å². The number of nitrogens with one attached hydrogen (secondary N) is 1. The molecule has 9 heteroatoms. The van der Waals surface area contributed by atoms with E-state index in [2.05, 4.69) is 25.0 Å². The van der Waals surface area contributed by atoms with Crippen LogP contribution in [0.3, 0.4) is 0 Å². The molecule has 0 amide bonds. The van der Waals surface area contributed by atoms with Gasteiger partial charge in [-0.3, -0.25) is 4.68 Å². The lowest BCUT2D eigenvalue weighted by Gasteiger charge is -2.11. The van der Waals surface area contributed by atoms with Gasteiger partial charge >= 0.3 is 0 Å². The molecule has 0 saturated heterocycles. The van der Waals surface area contributed by atoms with Crippen molar-refractivity contribution < 1.29 is 9.50 Å². The number of aromatic nitrogens is 6. The average molecular weight is 443 g/mol. The van der Waals surface area contributed by atoms with Crippen molar-refractivity contribution in [2.24, 2.45) is 0 Å². The molecule has 4 heterocycles. The maximum atomic E-state index is 12.6. The van der Waals surface area contributed by atoms with Crippen molar-refractivity contribution in [3.05, 3.63) is 78.5 Å². The van der Waals surface area contributed by atoms with Crippen molar-refractivity contribution in [2.45, 2.75) is 19.1 Å². The van der Waals surface area contributed by atoms with Crippen LogP contribution >= 0.6 is 0 Å². The number of pyridine rings is 1. The van der Waals surface area contributed by atoms with E-state index < -0.39 is 12.8 Å². The number of aryl methyl sites for hydroxylation is 1. The van der Waals surface area contributed by atoms with Crippen LogP contribution < -0.4 is 5.73 Å². The zero-order chi connectivity index (χ0) is 22.8. The first-order valence-corrected chi connectivity index (χ1v) is 10.5. The quantitative estimate of drug-likeness (QED) is 0.353. The molecule has 1 atom stereocenters. The Kier molecular flexibility index (Phi) is 5.54. The van der Waals surface area contributed by atoms with Crippen LogP contribution in [0.5, 0.6) is 0 Å². The summed E-state index contributed by atoms with van der Waals surface area (Å²) in [6, 6.07) is 13.2. The van der Waals surface area contributed by atoms with Gasteiger partial charge in [0.1, 0.15) is 12.3 Å². The number of H-pyrrole nitrogens is 1. The highest BCUT2D eigenvalue weighted by molar-refractivity contribution is 5.95. The van der Waals surface area contributed by atoms with Gasteiger partial charge in [-0.15, -0.1) is 0 Å². The third-order valence-electron chi connectivity index (χ3n) is 5.47. The number of aliphatic hydroxyl groups is 1. The van der Waals surface area contributed by atoms with E-state index in [4.69, 9.17) is 5.73 Å². The number of hydrogen-bond donors (Lipinski definition) is 3. The minimum Gasteiger partial charge on any atom is -0.388 e. The molecule has 166 valence electrons. The molecule has 8 nitrogen and oxygen atoms in total. The molecule has 1 aromatic carbocycles. The predicted octanol–water partition coefficient (Wildman–Crippen LogP) is 3.71. The summed E-state index contributed by atoms with van der Waals surface area (Å²) in [5.74, 6) is 0.133. The average Bonchev–Trinajstić information content (AvgIpc) is 3.46. The Hall–Kier alpha value is -4.11. The number of rotatable bonds is 7. The molecule has 1 unspecified atom stereocenters. The van der Waals surface area contributed by atoms with Gasteiger partial charge < -0.3 is 15.8 Å². The molecule has 4 aromatic heterocycles. The van der Waals surface area contributed by atoms with Gasteiger partial charge in [-0.1, -0.05) is 30.3 Å². The van der Waals surface area contributed by atoms with Crippen molar-refractivity contribution in [3.8, 4) is 22.4 Å². The molecule has 33 heavy (non-hydrogen) atoms. The van der Waals surface area contributed by atoms with Crippen LogP contribution in [0.2, 0.25) is 0 Å². The van der Waals surface area contributed by atoms with Crippen molar-refractivity contribution in [3.63, 3.8) is 0 Å². The van der Waals surface area contributed by atoms with Crippen molar-refractivity contribution in [2.75, 3.05) is 12.4 Å². The number of nitrogen functional groups attached to an aromatic ring is 1. The molecule has 0 aliphatic heterocycles. The molecule has 4 N–H and O–H groups in total. The first-order chi connectivity index (χ1) is 16.1.